The average Bonchev–Trinajstić information content (AvgIpc) is 2.28. The maximum atomic E-state index is 14.0. The van der Waals surface area contributed by atoms with Crippen molar-refractivity contribution < 1.29 is 4.39 Å². The number of hydrogen-bond donors (Lipinski definition) is 2. The zero-order valence-electron chi connectivity index (χ0n) is 10.6. The molecule has 0 saturated carbocycles. The van der Waals surface area contributed by atoms with Crippen molar-refractivity contribution in [2.75, 3.05) is 5.75 Å². The largest absolute Gasteiger partial charge is 0.363 e. The summed E-state index contributed by atoms with van der Waals surface area (Å²) in [5.74, 6) is 0.942. The number of rotatable bonds is 1. The minimum absolute atomic E-state index is 0.234. The molecule has 2 N–H and O–H groups in total. The Bertz CT molecular complexity index is 504. The molecule has 0 bridgehead atoms. The van der Waals surface area contributed by atoms with Gasteiger partial charge in [-0.3, -0.25) is 5.41 Å². The molecule has 1 aliphatic heterocycles. The molecular formula is C13H16BrFN2S. The number of benzene rings is 1. The summed E-state index contributed by atoms with van der Waals surface area (Å²) in [6, 6.07) is 4.93. The first kappa shape index (κ1) is 13.9. The highest BCUT2D eigenvalue weighted by Gasteiger charge is 2.41. The van der Waals surface area contributed by atoms with E-state index in [0.29, 0.717) is 11.4 Å². The first-order chi connectivity index (χ1) is 8.24. The molecule has 0 unspecified atom stereocenters. The van der Waals surface area contributed by atoms with Gasteiger partial charge in [0.15, 0.2) is 0 Å². The van der Waals surface area contributed by atoms with Gasteiger partial charge in [-0.25, -0.2) is 4.39 Å². The van der Waals surface area contributed by atoms with Gasteiger partial charge in [0.25, 0.3) is 0 Å². The van der Waals surface area contributed by atoms with Crippen LogP contribution in [0.4, 0.5) is 4.39 Å². The second-order valence-electron chi connectivity index (χ2n) is 5.26. The number of nitrogens with one attached hydrogen (secondary N) is 2. The molecule has 1 aromatic carbocycles. The molecule has 98 valence electrons. The molecule has 0 radical (unpaired) electrons. The normalized spacial score (nSPS) is 26.8. The summed E-state index contributed by atoms with van der Waals surface area (Å²) in [6.45, 7) is 5.95. The molecule has 0 aliphatic carbocycles. The van der Waals surface area contributed by atoms with Crippen LogP contribution in [0.5, 0.6) is 0 Å². The van der Waals surface area contributed by atoms with Gasteiger partial charge < -0.3 is 5.32 Å². The minimum atomic E-state index is -0.537. The van der Waals surface area contributed by atoms with E-state index in [1.807, 2.05) is 20.8 Å². The lowest BCUT2D eigenvalue weighted by atomic mass is 9.92. The molecule has 0 spiro atoms. The van der Waals surface area contributed by atoms with Crippen LogP contribution >= 0.6 is 27.7 Å². The van der Waals surface area contributed by atoms with Gasteiger partial charge in [0.1, 0.15) is 11.7 Å². The Hall–Kier alpha value is -0.550. The third kappa shape index (κ3) is 2.43. The van der Waals surface area contributed by atoms with E-state index in [4.69, 9.17) is 5.41 Å². The second kappa shape index (κ2) is 4.53. The van der Waals surface area contributed by atoms with Crippen LogP contribution < -0.4 is 5.32 Å². The molecule has 1 saturated heterocycles. The Morgan fingerprint density at radius 1 is 1.39 bits per heavy atom. The second-order valence-corrected chi connectivity index (χ2v) is 7.77. The van der Waals surface area contributed by atoms with E-state index in [-0.39, 0.29) is 10.6 Å². The van der Waals surface area contributed by atoms with E-state index in [1.165, 1.54) is 6.07 Å². The van der Waals surface area contributed by atoms with Crippen molar-refractivity contribution in [3.05, 3.63) is 34.1 Å². The predicted octanol–water partition coefficient (Wildman–Crippen LogP) is 3.90. The fraction of sp³-hybridized carbons (Fsp3) is 0.462. The highest BCUT2D eigenvalue weighted by atomic mass is 79.9. The van der Waals surface area contributed by atoms with Gasteiger partial charge in [0, 0.05) is 15.8 Å². The van der Waals surface area contributed by atoms with Gasteiger partial charge in [-0.1, -0.05) is 15.9 Å². The number of thioether (sulfide) groups is 1. The number of hydrogen-bond acceptors (Lipinski definition) is 2. The van der Waals surface area contributed by atoms with Crippen molar-refractivity contribution in [3.8, 4) is 0 Å². The first-order valence-corrected chi connectivity index (χ1v) is 7.49. The quantitative estimate of drug-likeness (QED) is 0.819. The molecule has 0 amide bonds. The van der Waals surface area contributed by atoms with Crippen molar-refractivity contribution in [3.63, 3.8) is 0 Å². The zero-order valence-corrected chi connectivity index (χ0v) is 13.0. The highest BCUT2D eigenvalue weighted by molar-refractivity contribution is 9.10. The van der Waals surface area contributed by atoms with Crippen LogP contribution in [0, 0.1) is 11.2 Å². The van der Waals surface area contributed by atoms with E-state index in [1.54, 1.807) is 23.9 Å². The molecule has 1 atom stereocenters. The van der Waals surface area contributed by atoms with Crippen molar-refractivity contribution in [2.24, 2.45) is 0 Å². The Morgan fingerprint density at radius 3 is 2.67 bits per heavy atom. The molecule has 2 rings (SSSR count). The molecule has 5 heteroatoms. The summed E-state index contributed by atoms with van der Waals surface area (Å²) in [5.41, 5.74) is 0.0649. The summed E-state index contributed by atoms with van der Waals surface area (Å²) in [5, 5.41) is 11.2. The van der Waals surface area contributed by atoms with Gasteiger partial charge in [0.2, 0.25) is 0 Å². The fourth-order valence-electron chi connectivity index (χ4n) is 1.92. The Kier molecular flexibility index (Phi) is 3.49. The van der Waals surface area contributed by atoms with Crippen LogP contribution in [0.15, 0.2) is 22.7 Å². The monoisotopic (exact) mass is 330 g/mol. The predicted molar refractivity (Wildman–Crippen MR) is 78.9 cm³/mol. The van der Waals surface area contributed by atoms with Crippen LogP contribution in [0.3, 0.4) is 0 Å². The van der Waals surface area contributed by atoms with Crippen LogP contribution in [0.25, 0.3) is 0 Å². The van der Waals surface area contributed by atoms with Gasteiger partial charge in [-0.2, -0.15) is 0 Å². The molecule has 1 aromatic rings. The maximum absolute atomic E-state index is 14.0. The van der Waals surface area contributed by atoms with Crippen LogP contribution in [0.2, 0.25) is 0 Å². The molecule has 0 aromatic heterocycles. The van der Waals surface area contributed by atoms with Crippen molar-refractivity contribution in [1.82, 2.24) is 5.32 Å². The molecular weight excluding hydrogens is 315 g/mol. The SMILES string of the molecule is CC1(C)SC[C@@](C)(c2cc(Br)ccc2F)NC1=N. The van der Waals surface area contributed by atoms with Gasteiger partial charge in [0.05, 0.1) is 10.3 Å². The highest BCUT2D eigenvalue weighted by Crippen LogP contribution is 2.39. The third-order valence-corrected chi connectivity index (χ3v) is 5.39. The van der Waals surface area contributed by atoms with E-state index in [9.17, 15) is 4.39 Å². The van der Waals surface area contributed by atoms with Crippen molar-refractivity contribution in [2.45, 2.75) is 31.1 Å². The van der Waals surface area contributed by atoms with Crippen LogP contribution in [-0.2, 0) is 5.54 Å². The van der Waals surface area contributed by atoms with E-state index in [0.717, 1.165) is 10.2 Å². The Labute approximate surface area is 119 Å². The Balaban J connectivity index is 2.38. The van der Waals surface area contributed by atoms with E-state index in [2.05, 4.69) is 21.2 Å². The fourth-order valence-corrected chi connectivity index (χ4v) is 3.36. The number of halogens is 2. The molecule has 1 fully saturated rings. The third-order valence-electron chi connectivity index (χ3n) is 3.25. The smallest absolute Gasteiger partial charge is 0.128 e. The zero-order chi connectivity index (χ0) is 13.6. The van der Waals surface area contributed by atoms with Crippen LogP contribution in [0.1, 0.15) is 26.3 Å². The molecule has 18 heavy (non-hydrogen) atoms. The van der Waals surface area contributed by atoms with E-state index < -0.39 is 5.54 Å². The van der Waals surface area contributed by atoms with Crippen molar-refractivity contribution >= 4 is 33.5 Å². The first-order valence-electron chi connectivity index (χ1n) is 5.71. The summed E-state index contributed by atoms with van der Waals surface area (Å²) >= 11 is 5.05. The van der Waals surface area contributed by atoms with Gasteiger partial charge in [-0.05, 0) is 39.0 Å². The van der Waals surface area contributed by atoms with Crippen molar-refractivity contribution in [1.29, 1.82) is 5.41 Å². The summed E-state index contributed by atoms with van der Waals surface area (Å²) in [6.07, 6.45) is 0. The lowest BCUT2D eigenvalue weighted by molar-refractivity contribution is 0.444. The standard InChI is InChI=1S/C13H16BrFN2S/c1-12(2)11(16)17-13(3,7-18-12)9-6-8(14)4-5-10(9)15/h4-6H,7H2,1-3H3,(H2,16,17)/t13-/m0/s1. The summed E-state index contributed by atoms with van der Waals surface area (Å²) < 4.78 is 14.6. The Morgan fingerprint density at radius 2 is 2.06 bits per heavy atom. The lowest BCUT2D eigenvalue weighted by Crippen LogP contribution is -2.56. The summed E-state index contributed by atoms with van der Waals surface area (Å²) in [4.78, 5) is 0. The molecule has 1 aliphatic rings. The van der Waals surface area contributed by atoms with Crippen LogP contribution in [-0.4, -0.2) is 16.3 Å². The molecule has 2 nitrogen and oxygen atoms in total. The maximum Gasteiger partial charge on any atom is 0.128 e. The van der Waals surface area contributed by atoms with Gasteiger partial charge >= 0.3 is 0 Å². The molecule has 1 heterocycles. The van der Waals surface area contributed by atoms with Gasteiger partial charge in [-0.15, -0.1) is 11.8 Å². The summed E-state index contributed by atoms with van der Waals surface area (Å²) in [7, 11) is 0. The van der Waals surface area contributed by atoms with E-state index >= 15 is 0 Å². The lowest BCUT2D eigenvalue weighted by Gasteiger charge is -2.43. The topological polar surface area (TPSA) is 35.9 Å². The average molecular weight is 331 g/mol. The number of amidine groups is 1. The minimum Gasteiger partial charge on any atom is -0.363 e.